The van der Waals surface area contributed by atoms with Gasteiger partial charge >= 0.3 is 0 Å². The van der Waals surface area contributed by atoms with Crippen LogP contribution in [0.1, 0.15) is 45.4 Å². The normalized spacial score (nSPS) is 15.0. The Hall–Kier alpha value is -1.75. The third-order valence-corrected chi connectivity index (χ3v) is 4.63. The average Bonchev–Trinajstić information content (AvgIpc) is 2.61. The van der Waals surface area contributed by atoms with Crippen molar-refractivity contribution in [2.45, 2.75) is 51.5 Å². The number of para-hydroxylation sites is 1. The summed E-state index contributed by atoms with van der Waals surface area (Å²) in [5.41, 5.74) is 0. The zero-order valence-electron chi connectivity index (χ0n) is 14.8. The molecule has 5 nitrogen and oxygen atoms in total. The number of nitrogens with one attached hydrogen (secondary N) is 1. The van der Waals surface area contributed by atoms with E-state index in [1.165, 1.54) is 0 Å². The number of rotatable bonds is 8. The van der Waals surface area contributed by atoms with Crippen molar-refractivity contribution in [1.29, 1.82) is 0 Å². The maximum absolute atomic E-state index is 12.0. The van der Waals surface area contributed by atoms with Gasteiger partial charge in [0, 0.05) is 32.0 Å². The summed E-state index contributed by atoms with van der Waals surface area (Å²) in [6.45, 7) is 3.94. The van der Waals surface area contributed by atoms with Gasteiger partial charge in [0.1, 0.15) is 5.75 Å². The van der Waals surface area contributed by atoms with Crippen molar-refractivity contribution in [2.75, 3.05) is 19.7 Å². The predicted molar refractivity (Wildman–Crippen MR) is 98.8 cm³/mol. The van der Waals surface area contributed by atoms with Crippen molar-refractivity contribution >= 4 is 23.4 Å². The number of halogens is 1. The monoisotopic (exact) mass is 366 g/mol. The largest absolute Gasteiger partial charge is 0.492 e. The maximum Gasteiger partial charge on any atom is 0.222 e. The summed E-state index contributed by atoms with van der Waals surface area (Å²) in [5.74, 6) is 0.916. The standard InChI is InChI=1S/C19H27ClN2O3/c1-2-6-19(24)22-12-10-15(11-13-22)21-18(23)9-5-14-25-17-8-4-3-7-16(17)20/h3-4,7-8,15H,2,5-6,9-14H2,1H3,(H,21,23). The van der Waals surface area contributed by atoms with Crippen LogP contribution in [0.15, 0.2) is 24.3 Å². The Labute approximate surface area is 154 Å². The Morgan fingerprint density at radius 1 is 1.24 bits per heavy atom. The number of carbonyl (C=O) groups excluding carboxylic acids is 2. The number of hydrogen-bond donors (Lipinski definition) is 1. The summed E-state index contributed by atoms with van der Waals surface area (Å²) in [7, 11) is 0. The number of piperidine rings is 1. The number of hydrogen-bond acceptors (Lipinski definition) is 3. The van der Waals surface area contributed by atoms with E-state index in [2.05, 4.69) is 5.32 Å². The second-order valence-electron chi connectivity index (χ2n) is 6.36. The molecule has 1 fully saturated rings. The van der Waals surface area contributed by atoms with Crippen LogP contribution in [0.2, 0.25) is 5.02 Å². The molecule has 1 N–H and O–H groups in total. The second-order valence-corrected chi connectivity index (χ2v) is 6.76. The Bertz CT molecular complexity index is 572. The van der Waals surface area contributed by atoms with Crippen LogP contribution >= 0.6 is 11.6 Å². The Kier molecular flexibility index (Phi) is 8.06. The molecule has 2 rings (SSSR count). The van der Waals surface area contributed by atoms with Gasteiger partial charge in [0.25, 0.3) is 0 Å². The number of benzene rings is 1. The van der Waals surface area contributed by atoms with Gasteiger partial charge in [-0.05, 0) is 37.8 Å². The van der Waals surface area contributed by atoms with Gasteiger partial charge in [-0.25, -0.2) is 0 Å². The van der Waals surface area contributed by atoms with Crippen molar-refractivity contribution in [3.63, 3.8) is 0 Å². The number of likely N-dealkylation sites (tertiary alicyclic amines) is 1. The first kappa shape index (κ1) is 19.6. The molecule has 0 spiro atoms. The minimum absolute atomic E-state index is 0.0427. The fraction of sp³-hybridized carbons (Fsp3) is 0.579. The van der Waals surface area contributed by atoms with Crippen LogP contribution in [0.3, 0.4) is 0 Å². The molecule has 0 saturated carbocycles. The van der Waals surface area contributed by atoms with E-state index >= 15 is 0 Å². The molecule has 0 unspecified atom stereocenters. The van der Waals surface area contributed by atoms with Gasteiger partial charge < -0.3 is 15.0 Å². The minimum atomic E-state index is 0.0427. The SMILES string of the molecule is CCCC(=O)N1CCC(NC(=O)CCCOc2ccccc2Cl)CC1. The molecule has 0 atom stereocenters. The highest BCUT2D eigenvalue weighted by molar-refractivity contribution is 6.32. The van der Waals surface area contributed by atoms with Crippen molar-refractivity contribution in [1.82, 2.24) is 10.2 Å². The molecule has 25 heavy (non-hydrogen) atoms. The van der Waals surface area contributed by atoms with Gasteiger partial charge in [0.15, 0.2) is 0 Å². The van der Waals surface area contributed by atoms with E-state index in [0.29, 0.717) is 36.6 Å². The Morgan fingerprint density at radius 3 is 2.64 bits per heavy atom. The lowest BCUT2D eigenvalue weighted by Gasteiger charge is -2.32. The van der Waals surface area contributed by atoms with Crippen molar-refractivity contribution in [3.8, 4) is 5.75 Å². The first-order valence-electron chi connectivity index (χ1n) is 9.04. The highest BCUT2D eigenvalue weighted by atomic mass is 35.5. The van der Waals surface area contributed by atoms with E-state index in [1.807, 2.05) is 30.0 Å². The van der Waals surface area contributed by atoms with Gasteiger partial charge in [-0.3, -0.25) is 9.59 Å². The number of nitrogens with zero attached hydrogens (tertiary/aromatic N) is 1. The summed E-state index contributed by atoms with van der Waals surface area (Å²) in [4.78, 5) is 25.8. The van der Waals surface area contributed by atoms with E-state index < -0.39 is 0 Å². The van der Waals surface area contributed by atoms with E-state index in [9.17, 15) is 9.59 Å². The van der Waals surface area contributed by atoms with Crippen LogP contribution in [-0.4, -0.2) is 42.5 Å². The summed E-state index contributed by atoms with van der Waals surface area (Å²) in [6.07, 6.45) is 4.23. The number of ether oxygens (including phenoxy) is 1. The van der Waals surface area contributed by atoms with Gasteiger partial charge in [0.2, 0.25) is 11.8 Å². The lowest BCUT2D eigenvalue weighted by molar-refractivity contribution is -0.132. The summed E-state index contributed by atoms with van der Waals surface area (Å²) in [6, 6.07) is 7.48. The number of amides is 2. The first-order chi connectivity index (χ1) is 12.1. The van der Waals surface area contributed by atoms with E-state index in [-0.39, 0.29) is 17.9 Å². The summed E-state index contributed by atoms with van der Waals surface area (Å²) >= 11 is 6.02. The number of carbonyl (C=O) groups is 2. The molecule has 1 saturated heterocycles. The molecule has 1 heterocycles. The third-order valence-electron chi connectivity index (χ3n) is 4.32. The van der Waals surface area contributed by atoms with Gasteiger partial charge in [0.05, 0.1) is 11.6 Å². The second kappa shape index (κ2) is 10.3. The molecule has 138 valence electrons. The zero-order valence-corrected chi connectivity index (χ0v) is 15.6. The fourth-order valence-corrected chi connectivity index (χ4v) is 3.11. The van der Waals surface area contributed by atoms with Crippen molar-refractivity contribution < 1.29 is 14.3 Å². The molecule has 0 aromatic heterocycles. The molecule has 1 aliphatic rings. The van der Waals surface area contributed by atoms with E-state index in [1.54, 1.807) is 6.07 Å². The Morgan fingerprint density at radius 2 is 1.96 bits per heavy atom. The summed E-state index contributed by atoms with van der Waals surface area (Å²) in [5, 5.41) is 3.64. The fourth-order valence-electron chi connectivity index (χ4n) is 2.92. The van der Waals surface area contributed by atoms with Gasteiger partial charge in [-0.15, -0.1) is 0 Å². The molecule has 0 bridgehead atoms. The van der Waals surface area contributed by atoms with Crippen LogP contribution in [0.5, 0.6) is 5.75 Å². The summed E-state index contributed by atoms with van der Waals surface area (Å²) < 4.78 is 5.58. The van der Waals surface area contributed by atoms with Crippen LogP contribution in [-0.2, 0) is 9.59 Å². The predicted octanol–water partition coefficient (Wildman–Crippen LogP) is 3.41. The van der Waals surface area contributed by atoms with Crippen molar-refractivity contribution in [3.05, 3.63) is 29.3 Å². The van der Waals surface area contributed by atoms with Crippen molar-refractivity contribution in [2.24, 2.45) is 0 Å². The smallest absolute Gasteiger partial charge is 0.222 e. The first-order valence-corrected chi connectivity index (χ1v) is 9.42. The van der Waals surface area contributed by atoms with Crippen LogP contribution in [0.4, 0.5) is 0 Å². The molecule has 1 aromatic rings. The maximum atomic E-state index is 12.0. The molecule has 1 aliphatic heterocycles. The van der Waals surface area contributed by atoms with Crippen LogP contribution < -0.4 is 10.1 Å². The highest BCUT2D eigenvalue weighted by Crippen LogP contribution is 2.23. The zero-order chi connectivity index (χ0) is 18.1. The molecular weight excluding hydrogens is 340 g/mol. The molecule has 0 aliphatic carbocycles. The Balaban J connectivity index is 1.60. The molecule has 0 radical (unpaired) electrons. The van der Waals surface area contributed by atoms with Crippen LogP contribution in [0.25, 0.3) is 0 Å². The molecular formula is C19H27ClN2O3. The quantitative estimate of drug-likeness (QED) is 0.717. The topological polar surface area (TPSA) is 58.6 Å². The molecule has 1 aromatic carbocycles. The lowest BCUT2D eigenvalue weighted by Crippen LogP contribution is -2.46. The minimum Gasteiger partial charge on any atom is -0.492 e. The van der Waals surface area contributed by atoms with E-state index in [4.69, 9.17) is 16.3 Å². The van der Waals surface area contributed by atoms with Crippen LogP contribution in [0, 0.1) is 0 Å². The highest BCUT2D eigenvalue weighted by Gasteiger charge is 2.23. The third kappa shape index (κ3) is 6.58. The lowest BCUT2D eigenvalue weighted by atomic mass is 10.0. The van der Waals surface area contributed by atoms with Gasteiger partial charge in [-0.1, -0.05) is 30.7 Å². The van der Waals surface area contributed by atoms with Gasteiger partial charge in [-0.2, -0.15) is 0 Å². The average molecular weight is 367 g/mol. The van der Waals surface area contributed by atoms with E-state index in [0.717, 1.165) is 32.4 Å². The molecule has 6 heteroatoms. The molecule has 2 amide bonds.